The lowest BCUT2D eigenvalue weighted by molar-refractivity contribution is 0.346. The van der Waals surface area contributed by atoms with Crippen LogP contribution in [0.3, 0.4) is 0 Å². The van der Waals surface area contributed by atoms with Crippen molar-refractivity contribution in [3.05, 3.63) is 64.5 Å². The van der Waals surface area contributed by atoms with Gasteiger partial charge in [0.05, 0.1) is 22.6 Å². The summed E-state index contributed by atoms with van der Waals surface area (Å²) in [6, 6.07) is 0. The standard InChI is InChI=1S/C29H41/c1-3-5-7-9-11-17-23-29(24-18-12-10-8-6-4-2)27-21-15-13-19-25(27)26-20-14-16-22-28(26)29/h13-14,19,21-22H,3-12,17-18,20,23-24H2,1-2H3/q+1. The van der Waals surface area contributed by atoms with Crippen molar-refractivity contribution in [2.75, 3.05) is 0 Å². The molecule has 0 amide bonds. The Kier molecular flexibility index (Phi) is 8.79. The Morgan fingerprint density at radius 2 is 1.45 bits per heavy atom. The van der Waals surface area contributed by atoms with Gasteiger partial charge < -0.3 is 0 Å². The zero-order valence-corrected chi connectivity index (χ0v) is 19.0. The van der Waals surface area contributed by atoms with E-state index < -0.39 is 0 Å². The monoisotopic (exact) mass is 389 g/mol. The maximum absolute atomic E-state index is 3.46. The van der Waals surface area contributed by atoms with Crippen molar-refractivity contribution in [3.8, 4) is 0 Å². The molecule has 0 heterocycles. The second-order valence-electron chi connectivity index (χ2n) is 9.20. The maximum Gasteiger partial charge on any atom is 0.107 e. The third-order valence-corrected chi connectivity index (χ3v) is 7.11. The molecule has 156 valence electrons. The van der Waals surface area contributed by atoms with Gasteiger partial charge in [-0.15, -0.1) is 5.73 Å². The first-order chi connectivity index (χ1) is 14.3. The maximum atomic E-state index is 3.46. The second-order valence-corrected chi connectivity index (χ2v) is 9.20. The first-order valence-corrected chi connectivity index (χ1v) is 12.5. The molecule has 0 aliphatic heterocycles. The lowest BCUT2D eigenvalue weighted by atomic mass is 9.68. The molecule has 0 nitrogen and oxygen atoms in total. The average Bonchev–Trinajstić information content (AvgIpc) is 3.04. The van der Waals surface area contributed by atoms with Crippen LogP contribution in [0.4, 0.5) is 0 Å². The fraction of sp³-hybridized carbons (Fsp3) is 0.621. The van der Waals surface area contributed by atoms with Gasteiger partial charge in [-0.3, -0.25) is 0 Å². The lowest BCUT2D eigenvalue weighted by Gasteiger charge is -2.31. The SMILES string of the molecule is CCCCCCCCC1(CCCCCCCC)C2=C(C=C[C+]=C2)C2=C1C=C=CC2. The van der Waals surface area contributed by atoms with Gasteiger partial charge in [-0.25, -0.2) is 0 Å². The number of hydrogen-bond acceptors (Lipinski definition) is 0. The van der Waals surface area contributed by atoms with Gasteiger partial charge in [0.1, 0.15) is 12.2 Å². The van der Waals surface area contributed by atoms with Crippen molar-refractivity contribution < 1.29 is 0 Å². The first kappa shape index (κ1) is 22.1. The van der Waals surface area contributed by atoms with Gasteiger partial charge in [0.25, 0.3) is 0 Å². The molecule has 0 aromatic rings. The van der Waals surface area contributed by atoms with Crippen LogP contribution in [0.2, 0.25) is 0 Å². The van der Waals surface area contributed by atoms with Crippen molar-refractivity contribution in [2.24, 2.45) is 5.41 Å². The van der Waals surface area contributed by atoms with E-state index in [4.69, 9.17) is 0 Å². The van der Waals surface area contributed by atoms with E-state index in [2.05, 4.69) is 56.0 Å². The fourth-order valence-corrected chi connectivity index (χ4v) is 5.49. The van der Waals surface area contributed by atoms with E-state index in [0.717, 1.165) is 6.42 Å². The Hall–Kier alpha value is -1.61. The minimum atomic E-state index is 0.221. The van der Waals surface area contributed by atoms with Crippen LogP contribution in [0.25, 0.3) is 0 Å². The largest absolute Gasteiger partial charge is 0.124 e. The van der Waals surface area contributed by atoms with E-state index in [1.807, 2.05) is 0 Å². The smallest absolute Gasteiger partial charge is 0.107 e. The van der Waals surface area contributed by atoms with E-state index in [1.165, 1.54) is 95.5 Å². The molecule has 29 heavy (non-hydrogen) atoms. The summed E-state index contributed by atoms with van der Waals surface area (Å²) in [7, 11) is 0. The van der Waals surface area contributed by atoms with Crippen LogP contribution in [-0.4, -0.2) is 0 Å². The molecule has 0 atom stereocenters. The summed E-state index contributed by atoms with van der Waals surface area (Å²) in [6.45, 7) is 4.61. The molecular weight excluding hydrogens is 348 g/mol. The van der Waals surface area contributed by atoms with Crippen molar-refractivity contribution >= 4 is 0 Å². The zero-order chi connectivity index (χ0) is 20.4. The summed E-state index contributed by atoms with van der Waals surface area (Å²) < 4.78 is 0. The predicted molar refractivity (Wildman–Crippen MR) is 127 cm³/mol. The Balaban J connectivity index is 1.73. The van der Waals surface area contributed by atoms with E-state index in [9.17, 15) is 0 Å². The van der Waals surface area contributed by atoms with Gasteiger partial charge in [0.2, 0.25) is 0 Å². The van der Waals surface area contributed by atoms with Gasteiger partial charge in [0, 0.05) is 12.5 Å². The molecule has 3 rings (SSSR count). The average molecular weight is 390 g/mol. The Labute approximate surface area is 180 Å². The van der Waals surface area contributed by atoms with Gasteiger partial charge in [-0.05, 0) is 36.1 Å². The highest BCUT2D eigenvalue weighted by Crippen LogP contribution is 2.56. The highest BCUT2D eigenvalue weighted by atomic mass is 14.5. The number of hydrogen-bond donors (Lipinski definition) is 0. The highest BCUT2D eigenvalue weighted by Gasteiger charge is 2.48. The van der Waals surface area contributed by atoms with Gasteiger partial charge >= 0.3 is 0 Å². The molecule has 0 heteroatoms. The topological polar surface area (TPSA) is 0 Å². The number of fused-ring (bicyclic) bond motifs is 1. The van der Waals surface area contributed by atoms with Crippen LogP contribution in [0, 0.1) is 11.5 Å². The van der Waals surface area contributed by atoms with Crippen molar-refractivity contribution in [3.63, 3.8) is 0 Å². The van der Waals surface area contributed by atoms with Crippen LogP contribution in [-0.2, 0) is 0 Å². The quantitative estimate of drug-likeness (QED) is 0.158. The normalized spacial score (nSPS) is 18.4. The van der Waals surface area contributed by atoms with Crippen LogP contribution in [0.15, 0.2) is 58.4 Å². The molecule has 0 radical (unpaired) electrons. The third-order valence-electron chi connectivity index (χ3n) is 7.11. The van der Waals surface area contributed by atoms with Gasteiger partial charge in [-0.1, -0.05) is 90.9 Å². The molecule has 0 aromatic carbocycles. The van der Waals surface area contributed by atoms with Crippen LogP contribution >= 0.6 is 0 Å². The zero-order valence-electron chi connectivity index (χ0n) is 19.0. The minimum absolute atomic E-state index is 0.221. The minimum Gasteiger partial charge on any atom is -0.124 e. The molecular formula is C29H41+. The summed E-state index contributed by atoms with van der Waals surface area (Å²) in [5.74, 6) is 0. The number of rotatable bonds is 14. The summed E-state index contributed by atoms with van der Waals surface area (Å²) in [6.07, 6.45) is 34.9. The predicted octanol–water partition coefficient (Wildman–Crippen LogP) is 9.12. The molecule has 0 spiro atoms. The summed E-state index contributed by atoms with van der Waals surface area (Å²) in [4.78, 5) is 0. The van der Waals surface area contributed by atoms with E-state index >= 15 is 0 Å². The number of unbranched alkanes of at least 4 members (excludes halogenated alkanes) is 10. The summed E-state index contributed by atoms with van der Waals surface area (Å²) >= 11 is 0. The van der Waals surface area contributed by atoms with Crippen LogP contribution in [0.1, 0.15) is 110 Å². The summed E-state index contributed by atoms with van der Waals surface area (Å²) in [5.41, 5.74) is 9.93. The van der Waals surface area contributed by atoms with Crippen molar-refractivity contribution in [2.45, 2.75) is 110 Å². The Morgan fingerprint density at radius 3 is 2.10 bits per heavy atom. The third kappa shape index (κ3) is 5.31. The molecule has 0 aromatic heterocycles. The molecule has 0 saturated heterocycles. The first-order valence-electron chi connectivity index (χ1n) is 12.5. The van der Waals surface area contributed by atoms with Crippen LogP contribution < -0.4 is 0 Å². The highest BCUT2D eigenvalue weighted by molar-refractivity contribution is 5.66. The second kappa shape index (κ2) is 11.5. The Bertz CT molecular complexity index is 699. The van der Waals surface area contributed by atoms with E-state index in [-0.39, 0.29) is 5.41 Å². The van der Waals surface area contributed by atoms with E-state index in [1.54, 1.807) is 16.7 Å². The van der Waals surface area contributed by atoms with Crippen molar-refractivity contribution in [1.82, 2.24) is 0 Å². The van der Waals surface area contributed by atoms with Crippen LogP contribution in [0.5, 0.6) is 0 Å². The van der Waals surface area contributed by atoms with Gasteiger partial charge in [-0.2, -0.15) is 0 Å². The fourth-order valence-electron chi connectivity index (χ4n) is 5.49. The number of allylic oxidation sites excluding steroid dienone is 9. The van der Waals surface area contributed by atoms with E-state index in [0.29, 0.717) is 0 Å². The Morgan fingerprint density at radius 1 is 0.828 bits per heavy atom. The molecule has 0 bridgehead atoms. The molecule has 0 N–H and O–H groups in total. The molecule has 0 unspecified atom stereocenters. The molecule has 0 saturated carbocycles. The lowest BCUT2D eigenvalue weighted by Crippen LogP contribution is -2.24. The molecule has 3 aliphatic rings. The summed E-state index contributed by atoms with van der Waals surface area (Å²) in [5, 5.41) is 0. The molecule has 0 fully saturated rings. The molecule has 3 aliphatic carbocycles. The van der Waals surface area contributed by atoms with Crippen molar-refractivity contribution in [1.29, 1.82) is 0 Å². The van der Waals surface area contributed by atoms with Gasteiger partial charge in [0.15, 0.2) is 0 Å².